The molecule has 2 aromatic carbocycles. The van der Waals surface area contributed by atoms with Crippen LogP contribution < -0.4 is 10.6 Å². The molecule has 0 heterocycles. The zero-order valence-corrected chi connectivity index (χ0v) is 10.1. The maximum atomic E-state index is 11.6. The Morgan fingerprint density at radius 3 is 2.47 bits per heavy atom. The molecule has 0 bridgehead atoms. The van der Waals surface area contributed by atoms with Gasteiger partial charge in [-0.25, -0.2) is 4.79 Å². The number of phenolic OH excluding ortho intramolecular Hbond substituents is 2. The Kier molecular flexibility index (Phi) is 3.87. The molecule has 98 valence electrons. The van der Waals surface area contributed by atoms with Crippen LogP contribution in [0, 0.1) is 0 Å². The molecule has 0 aliphatic heterocycles. The van der Waals surface area contributed by atoms with E-state index in [0.29, 0.717) is 6.54 Å². The number of nitrogens with one attached hydrogen (secondary N) is 2. The van der Waals surface area contributed by atoms with Crippen molar-refractivity contribution in [3.63, 3.8) is 0 Å². The molecule has 2 aromatic rings. The third-order valence-electron chi connectivity index (χ3n) is 2.53. The molecule has 0 aliphatic carbocycles. The van der Waals surface area contributed by atoms with Crippen LogP contribution >= 0.6 is 0 Å². The van der Waals surface area contributed by atoms with E-state index < -0.39 is 6.03 Å². The van der Waals surface area contributed by atoms with Gasteiger partial charge in [0.25, 0.3) is 0 Å². The van der Waals surface area contributed by atoms with Gasteiger partial charge in [0, 0.05) is 12.6 Å². The highest BCUT2D eigenvalue weighted by atomic mass is 16.3. The molecule has 19 heavy (non-hydrogen) atoms. The van der Waals surface area contributed by atoms with Gasteiger partial charge in [0.15, 0.2) is 0 Å². The second-order valence-corrected chi connectivity index (χ2v) is 3.99. The quantitative estimate of drug-likeness (QED) is 0.504. The van der Waals surface area contributed by atoms with Gasteiger partial charge in [-0.2, -0.15) is 0 Å². The molecule has 0 aliphatic rings. The highest BCUT2D eigenvalue weighted by Crippen LogP contribution is 2.26. The first-order valence-corrected chi connectivity index (χ1v) is 5.76. The van der Waals surface area contributed by atoms with E-state index in [9.17, 15) is 9.90 Å². The van der Waals surface area contributed by atoms with Gasteiger partial charge < -0.3 is 20.8 Å². The Bertz CT molecular complexity index is 570. The second kappa shape index (κ2) is 5.77. The van der Waals surface area contributed by atoms with Crippen LogP contribution in [0.1, 0.15) is 5.56 Å². The molecule has 0 radical (unpaired) electrons. The fourth-order valence-electron chi connectivity index (χ4n) is 1.57. The minimum atomic E-state index is -0.426. The molecule has 0 saturated carbocycles. The molecule has 0 atom stereocenters. The lowest BCUT2D eigenvalue weighted by Crippen LogP contribution is -2.28. The summed E-state index contributed by atoms with van der Waals surface area (Å²) in [5.41, 5.74) is 1.22. The molecule has 0 spiro atoms. The average molecular weight is 258 g/mol. The third kappa shape index (κ3) is 3.64. The number of urea groups is 1. The van der Waals surface area contributed by atoms with Crippen LogP contribution in [0.5, 0.6) is 11.5 Å². The number of carbonyl (C=O) groups is 1. The lowest BCUT2D eigenvalue weighted by Gasteiger charge is -2.09. The number of hydrogen-bond donors (Lipinski definition) is 4. The first kappa shape index (κ1) is 12.8. The number of anilines is 1. The zero-order valence-electron chi connectivity index (χ0n) is 10.1. The van der Waals surface area contributed by atoms with Gasteiger partial charge in [-0.1, -0.05) is 30.3 Å². The van der Waals surface area contributed by atoms with E-state index in [2.05, 4.69) is 10.6 Å². The van der Waals surface area contributed by atoms with Gasteiger partial charge in [-0.05, 0) is 17.7 Å². The molecule has 4 N–H and O–H groups in total. The van der Waals surface area contributed by atoms with Crippen LogP contribution in [0.2, 0.25) is 0 Å². The van der Waals surface area contributed by atoms with E-state index in [1.54, 1.807) is 0 Å². The summed E-state index contributed by atoms with van der Waals surface area (Å²) in [6.07, 6.45) is 0. The van der Waals surface area contributed by atoms with Crippen molar-refractivity contribution in [3.05, 3.63) is 54.1 Å². The monoisotopic (exact) mass is 258 g/mol. The van der Waals surface area contributed by atoms with Crippen molar-refractivity contribution in [2.24, 2.45) is 0 Å². The van der Waals surface area contributed by atoms with E-state index in [-0.39, 0.29) is 17.2 Å². The van der Waals surface area contributed by atoms with Crippen molar-refractivity contribution in [3.8, 4) is 11.5 Å². The Labute approximate surface area is 110 Å². The Balaban J connectivity index is 1.91. The molecular weight excluding hydrogens is 244 g/mol. The topological polar surface area (TPSA) is 81.6 Å². The van der Waals surface area contributed by atoms with Crippen molar-refractivity contribution in [1.82, 2.24) is 5.32 Å². The van der Waals surface area contributed by atoms with Gasteiger partial charge in [-0.15, -0.1) is 0 Å². The normalized spacial score (nSPS) is 9.89. The summed E-state index contributed by atoms with van der Waals surface area (Å²) in [7, 11) is 0. The number of carbonyl (C=O) groups excluding carboxylic acids is 1. The van der Waals surface area contributed by atoms with Crippen molar-refractivity contribution in [2.45, 2.75) is 6.54 Å². The summed E-state index contributed by atoms with van der Waals surface area (Å²) in [5.74, 6) is -0.248. The minimum Gasteiger partial charge on any atom is -0.508 e. The van der Waals surface area contributed by atoms with Gasteiger partial charge in [-0.3, -0.25) is 0 Å². The third-order valence-corrected chi connectivity index (χ3v) is 2.53. The largest absolute Gasteiger partial charge is 0.508 e. The molecular formula is C14H14N2O3. The number of aromatic hydroxyl groups is 2. The van der Waals surface area contributed by atoms with Gasteiger partial charge >= 0.3 is 6.03 Å². The summed E-state index contributed by atoms with van der Waals surface area (Å²) in [4.78, 5) is 11.6. The summed E-state index contributed by atoms with van der Waals surface area (Å²) >= 11 is 0. The molecule has 0 saturated heterocycles. The Hall–Kier alpha value is -2.69. The van der Waals surface area contributed by atoms with Gasteiger partial charge in [0.1, 0.15) is 11.5 Å². The van der Waals surface area contributed by atoms with Crippen molar-refractivity contribution in [1.29, 1.82) is 0 Å². The van der Waals surface area contributed by atoms with E-state index in [0.717, 1.165) is 11.6 Å². The first-order chi connectivity index (χ1) is 9.15. The standard InChI is InChI=1S/C14H14N2O3/c17-11-6-7-12(13(18)8-11)16-14(19)15-9-10-4-2-1-3-5-10/h1-8,17-18H,9H2,(H2,15,16,19). The summed E-state index contributed by atoms with van der Waals surface area (Å²) in [5, 5.41) is 23.8. The fraction of sp³-hybridized carbons (Fsp3) is 0.0714. The molecule has 2 amide bonds. The minimum absolute atomic E-state index is 0.0623. The predicted octanol–water partition coefficient (Wildman–Crippen LogP) is 2.42. The first-order valence-electron chi connectivity index (χ1n) is 5.76. The summed E-state index contributed by atoms with van der Waals surface area (Å²) in [6, 6.07) is 13.0. The molecule has 0 fully saturated rings. The van der Waals surface area contributed by atoms with Gasteiger partial charge in [0.05, 0.1) is 5.69 Å². The van der Waals surface area contributed by atoms with Crippen LogP contribution in [-0.4, -0.2) is 16.2 Å². The molecule has 0 aromatic heterocycles. The molecule has 0 unspecified atom stereocenters. The highest BCUT2D eigenvalue weighted by Gasteiger charge is 2.06. The van der Waals surface area contributed by atoms with Crippen molar-refractivity contribution >= 4 is 11.7 Å². The summed E-state index contributed by atoms with van der Waals surface area (Å²) in [6.45, 7) is 0.394. The lowest BCUT2D eigenvalue weighted by atomic mass is 10.2. The number of hydrogen-bond acceptors (Lipinski definition) is 3. The zero-order chi connectivity index (χ0) is 13.7. The van der Waals surface area contributed by atoms with E-state index >= 15 is 0 Å². The van der Waals surface area contributed by atoms with Crippen LogP contribution in [0.25, 0.3) is 0 Å². The van der Waals surface area contributed by atoms with Gasteiger partial charge in [0.2, 0.25) is 0 Å². The van der Waals surface area contributed by atoms with Crippen molar-refractivity contribution < 1.29 is 15.0 Å². The highest BCUT2D eigenvalue weighted by molar-refractivity contribution is 5.90. The maximum absolute atomic E-state index is 11.6. The van der Waals surface area contributed by atoms with E-state index in [1.165, 1.54) is 12.1 Å². The average Bonchev–Trinajstić information content (AvgIpc) is 2.41. The Morgan fingerprint density at radius 2 is 1.79 bits per heavy atom. The predicted molar refractivity (Wildman–Crippen MR) is 72.1 cm³/mol. The molecule has 2 rings (SSSR count). The summed E-state index contributed by atoms with van der Waals surface area (Å²) < 4.78 is 0. The SMILES string of the molecule is O=C(NCc1ccccc1)Nc1ccc(O)cc1O. The van der Waals surface area contributed by atoms with Crippen molar-refractivity contribution in [2.75, 3.05) is 5.32 Å². The number of rotatable bonds is 3. The fourth-order valence-corrected chi connectivity index (χ4v) is 1.57. The maximum Gasteiger partial charge on any atom is 0.319 e. The second-order valence-electron chi connectivity index (χ2n) is 3.99. The van der Waals surface area contributed by atoms with Crippen LogP contribution in [0.15, 0.2) is 48.5 Å². The number of amides is 2. The van der Waals surface area contributed by atoms with E-state index in [1.807, 2.05) is 30.3 Å². The van der Waals surface area contributed by atoms with E-state index in [4.69, 9.17) is 5.11 Å². The number of benzene rings is 2. The molecule has 5 heteroatoms. The van der Waals surface area contributed by atoms with Crippen LogP contribution in [0.3, 0.4) is 0 Å². The number of phenols is 2. The van der Waals surface area contributed by atoms with Crippen LogP contribution in [-0.2, 0) is 6.54 Å². The smallest absolute Gasteiger partial charge is 0.319 e. The van der Waals surface area contributed by atoms with Crippen LogP contribution in [0.4, 0.5) is 10.5 Å². The lowest BCUT2D eigenvalue weighted by molar-refractivity contribution is 0.251. The molecule has 5 nitrogen and oxygen atoms in total. The Morgan fingerprint density at radius 1 is 1.05 bits per heavy atom.